The number of aromatic nitrogens is 3. The van der Waals surface area contributed by atoms with Crippen LogP contribution in [0.4, 0.5) is 17.3 Å². The summed E-state index contributed by atoms with van der Waals surface area (Å²) in [6.07, 6.45) is 3.62. The molecule has 6 nitrogen and oxygen atoms in total. The van der Waals surface area contributed by atoms with Gasteiger partial charge in [0.25, 0.3) is 0 Å². The van der Waals surface area contributed by atoms with Crippen LogP contribution < -0.4 is 15.1 Å². The van der Waals surface area contributed by atoms with E-state index < -0.39 is 0 Å². The summed E-state index contributed by atoms with van der Waals surface area (Å²) >= 11 is 0. The highest BCUT2D eigenvalue weighted by molar-refractivity contribution is 5.58. The van der Waals surface area contributed by atoms with Gasteiger partial charge in [-0.25, -0.2) is 9.97 Å². The van der Waals surface area contributed by atoms with Crippen molar-refractivity contribution in [2.75, 3.05) is 41.3 Å². The summed E-state index contributed by atoms with van der Waals surface area (Å²) in [5.41, 5.74) is 5.26. The molecule has 1 aliphatic heterocycles. The van der Waals surface area contributed by atoms with E-state index in [-0.39, 0.29) is 0 Å². The fourth-order valence-corrected chi connectivity index (χ4v) is 3.75. The minimum absolute atomic E-state index is 0.721. The van der Waals surface area contributed by atoms with Crippen molar-refractivity contribution in [1.82, 2.24) is 15.0 Å². The van der Waals surface area contributed by atoms with Gasteiger partial charge < -0.3 is 15.1 Å². The molecule has 1 fully saturated rings. The number of hydrogen-bond acceptors (Lipinski definition) is 6. The Labute approximate surface area is 172 Å². The van der Waals surface area contributed by atoms with Gasteiger partial charge in [-0.1, -0.05) is 12.1 Å². The van der Waals surface area contributed by atoms with Gasteiger partial charge in [-0.05, 0) is 55.7 Å². The maximum atomic E-state index is 4.69. The van der Waals surface area contributed by atoms with Gasteiger partial charge in [0.05, 0.1) is 0 Å². The molecule has 1 aromatic carbocycles. The number of rotatable bonds is 5. The van der Waals surface area contributed by atoms with Crippen LogP contribution in [0.3, 0.4) is 0 Å². The van der Waals surface area contributed by atoms with Gasteiger partial charge in [0.1, 0.15) is 17.5 Å². The van der Waals surface area contributed by atoms with Crippen molar-refractivity contribution in [3.8, 4) is 0 Å². The summed E-state index contributed by atoms with van der Waals surface area (Å²) in [6.45, 7) is 11.0. The van der Waals surface area contributed by atoms with Crippen LogP contribution in [0.5, 0.6) is 0 Å². The average molecular weight is 389 g/mol. The molecule has 3 heterocycles. The summed E-state index contributed by atoms with van der Waals surface area (Å²) in [6, 6.07) is 12.6. The van der Waals surface area contributed by atoms with Crippen molar-refractivity contribution in [1.29, 1.82) is 0 Å². The highest BCUT2D eigenvalue weighted by Gasteiger charge is 2.20. The quantitative estimate of drug-likeness (QED) is 0.719. The third kappa shape index (κ3) is 4.47. The van der Waals surface area contributed by atoms with Crippen LogP contribution >= 0.6 is 0 Å². The summed E-state index contributed by atoms with van der Waals surface area (Å²) in [4.78, 5) is 18.1. The molecule has 0 aliphatic carbocycles. The molecule has 1 saturated heterocycles. The molecule has 0 unspecified atom stereocenters. The minimum atomic E-state index is 0.721. The first-order valence-corrected chi connectivity index (χ1v) is 10.1. The first kappa shape index (κ1) is 19.2. The Balaban J connectivity index is 1.43. The lowest BCUT2D eigenvalue weighted by Crippen LogP contribution is -2.47. The molecule has 1 N–H and O–H groups in total. The van der Waals surface area contributed by atoms with E-state index in [4.69, 9.17) is 0 Å². The van der Waals surface area contributed by atoms with E-state index >= 15 is 0 Å². The average Bonchev–Trinajstić information content (AvgIpc) is 2.75. The largest absolute Gasteiger partial charge is 0.368 e. The molecule has 3 aromatic rings. The number of benzene rings is 1. The molecule has 1 aliphatic rings. The molecule has 29 heavy (non-hydrogen) atoms. The maximum Gasteiger partial charge on any atom is 0.134 e. The third-order valence-corrected chi connectivity index (χ3v) is 5.57. The molecule has 4 rings (SSSR count). The zero-order valence-corrected chi connectivity index (χ0v) is 17.4. The Morgan fingerprint density at radius 3 is 2.38 bits per heavy atom. The highest BCUT2D eigenvalue weighted by atomic mass is 15.3. The van der Waals surface area contributed by atoms with Gasteiger partial charge >= 0.3 is 0 Å². The number of nitrogens with zero attached hydrogens (tertiary/aromatic N) is 5. The van der Waals surface area contributed by atoms with Gasteiger partial charge in [0.2, 0.25) is 0 Å². The van der Waals surface area contributed by atoms with Crippen molar-refractivity contribution < 1.29 is 0 Å². The van der Waals surface area contributed by atoms with E-state index in [2.05, 4.69) is 68.2 Å². The van der Waals surface area contributed by atoms with Gasteiger partial charge in [0, 0.05) is 56.9 Å². The Hall–Kier alpha value is -3.15. The Bertz CT molecular complexity index is 964. The van der Waals surface area contributed by atoms with Crippen LogP contribution in [-0.2, 0) is 6.54 Å². The fraction of sp³-hybridized carbons (Fsp3) is 0.348. The van der Waals surface area contributed by atoms with Crippen molar-refractivity contribution in [2.45, 2.75) is 27.3 Å². The SMILES string of the molecule is Cc1nc(NCc2ccncc2)cc(N2CCN(c3cccc(C)c3C)CC2)n1. The number of pyridine rings is 1. The second-order valence-electron chi connectivity index (χ2n) is 7.56. The number of hydrogen-bond donors (Lipinski definition) is 1. The molecular formula is C23H28N6. The summed E-state index contributed by atoms with van der Waals surface area (Å²) < 4.78 is 0. The van der Waals surface area contributed by atoms with Crippen molar-refractivity contribution in [2.24, 2.45) is 0 Å². The number of aryl methyl sites for hydroxylation is 2. The molecule has 0 spiro atoms. The molecule has 0 atom stereocenters. The van der Waals surface area contributed by atoms with Gasteiger partial charge in [-0.3, -0.25) is 4.98 Å². The van der Waals surface area contributed by atoms with E-state index in [1.165, 1.54) is 22.4 Å². The van der Waals surface area contributed by atoms with E-state index in [0.29, 0.717) is 0 Å². The molecule has 150 valence electrons. The molecule has 2 aromatic heterocycles. The van der Waals surface area contributed by atoms with Crippen LogP contribution in [0, 0.1) is 20.8 Å². The van der Waals surface area contributed by atoms with Crippen LogP contribution in [-0.4, -0.2) is 41.1 Å². The lowest BCUT2D eigenvalue weighted by atomic mass is 10.1. The second-order valence-corrected chi connectivity index (χ2v) is 7.56. The standard InChI is InChI=1S/C23H28N6/c1-17-5-4-6-21(18(17)2)28-11-13-29(14-12-28)23-15-22(26-19(3)27-23)25-16-20-7-9-24-10-8-20/h4-10,15H,11-14,16H2,1-3H3,(H,25,26,27). The Morgan fingerprint density at radius 1 is 0.897 bits per heavy atom. The predicted molar refractivity (Wildman–Crippen MR) is 119 cm³/mol. The van der Waals surface area contributed by atoms with Crippen molar-refractivity contribution in [3.05, 3.63) is 71.3 Å². The van der Waals surface area contributed by atoms with Crippen LogP contribution in [0.15, 0.2) is 48.8 Å². The second kappa shape index (κ2) is 8.47. The number of anilines is 3. The molecule has 0 amide bonds. The number of nitrogens with one attached hydrogen (secondary N) is 1. The normalized spacial score (nSPS) is 14.2. The van der Waals surface area contributed by atoms with Gasteiger partial charge in [0.15, 0.2) is 0 Å². The van der Waals surface area contributed by atoms with E-state index in [1.54, 1.807) is 0 Å². The lowest BCUT2D eigenvalue weighted by Gasteiger charge is -2.37. The Morgan fingerprint density at radius 2 is 1.62 bits per heavy atom. The monoisotopic (exact) mass is 388 g/mol. The molecule has 0 radical (unpaired) electrons. The third-order valence-electron chi connectivity index (χ3n) is 5.57. The highest BCUT2D eigenvalue weighted by Crippen LogP contribution is 2.25. The van der Waals surface area contributed by atoms with Gasteiger partial charge in [-0.2, -0.15) is 0 Å². The zero-order chi connectivity index (χ0) is 20.2. The first-order valence-electron chi connectivity index (χ1n) is 10.1. The Kier molecular flexibility index (Phi) is 5.60. The molecule has 0 bridgehead atoms. The fourth-order valence-electron chi connectivity index (χ4n) is 3.75. The predicted octanol–water partition coefficient (Wildman–Crippen LogP) is 3.74. The smallest absolute Gasteiger partial charge is 0.134 e. The summed E-state index contributed by atoms with van der Waals surface area (Å²) in [5.74, 6) is 2.65. The van der Waals surface area contributed by atoms with Crippen molar-refractivity contribution >= 4 is 17.3 Å². The summed E-state index contributed by atoms with van der Waals surface area (Å²) in [5, 5.41) is 3.41. The molecular weight excluding hydrogens is 360 g/mol. The lowest BCUT2D eigenvalue weighted by molar-refractivity contribution is 0.644. The molecule has 0 saturated carbocycles. The van der Waals surface area contributed by atoms with Crippen LogP contribution in [0.1, 0.15) is 22.5 Å². The molecule has 6 heteroatoms. The van der Waals surface area contributed by atoms with Crippen LogP contribution in [0.2, 0.25) is 0 Å². The topological polar surface area (TPSA) is 57.2 Å². The van der Waals surface area contributed by atoms with E-state index in [9.17, 15) is 0 Å². The van der Waals surface area contributed by atoms with E-state index in [0.717, 1.165) is 50.2 Å². The van der Waals surface area contributed by atoms with Gasteiger partial charge in [-0.15, -0.1) is 0 Å². The minimum Gasteiger partial charge on any atom is -0.368 e. The van der Waals surface area contributed by atoms with Crippen molar-refractivity contribution in [3.63, 3.8) is 0 Å². The van der Waals surface area contributed by atoms with E-state index in [1.807, 2.05) is 31.5 Å². The first-order chi connectivity index (χ1) is 14.1. The number of piperazine rings is 1. The van der Waals surface area contributed by atoms with Crippen LogP contribution in [0.25, 0.3) is 0 Å². The maximum absolute atomic E-state index is 4.69. The summed E-state index contributed by atoms with van der Waals surface area (Å²) in [7, 11) is 0. The zero-order valence-electron chi connectivity index (χ0n) is 17.4.